The number of amides is 2. The van der Waals surface area contributed by atoms with Gasteiger partial charge in [0.05, 0.1) is 11.6 Å². The molecule has 2 aromatic rings. The van der Waals surface area contributed by atoms with Crippen LogP contribution in [0.15, 0.2) is 41.3 Å². The lowest BCUT2D eigenvalue weighted by Gasteiger charge is -2.16. The molecule has 1 aliphatic heterocycles. The molecule has 0 spiro atoms. The van der Waals surface area contributed by atoms with Crippen LogP contribution in [-0.2, 0) is 4.79 Å². The van der Waals surface area contributed by atoms with Crippen LogP contribution in [0.1, 0.15) is 11.1 Å². The van der Waals surface area contributed by atoms with Gasteiger partial charge in [-0.05, 0) is 54.6 Å². The molecule has 2 aromatic carbocycles. The molecular formula is C18H13Cl3N2O2S. The van der Waals surface area contributed by atoms with E-state index in [-0.39, 0.29) is 16.8 Å². The Balaban J connectivity index is 1.79. The molecule has 0 atom stereocenters. The van der Waals surface area contributed by atoms with Crippen molar-refractivity contribution in [2.24, 2.45) is 0 Å². The highest BCUT2D eigenvalue weighted by molar-refractivity contribution is 8.18. The molecule has 26 heavy (non-hydrogen) atoms. The number of hydrogen-bond donors (Lipinski definition) is 1. The van der Waals surface area contributed by atoms with Gasteiger partial charge in [-0.15, -0.1) is 0 Å². The molecule has 8 heteroatoms. The van der Waals surface area contributed by atoms with Crippen LogP contribution < -0.4 is 5.32 Å². The number of imide groups is 1. The zero-order valence-electron chi connectivity index (χ0n) is 13.6. The average Bonchev–Trinajstić information content (AvgIpc) is 2.86. The molecule has 0 aromatic heterocycles. The van der Waals surface area contributed by atoms with Crippen molar-refractivity contribution in [2.75, 3.05) is 12.0 Å². The molecular weight excluding hydrogens is 415 g/mol. The van der Waals surface area contributed by atoms with Gasteiger partial charge in [-0.2, -0.15) is 0 Å². The fourth-order valence-electron chi connectivity index (χ4n) is 2.38. The van der Waals surface area contributed by atoms with E-state index in [4.69, 9.17) is 34.8 Å². The Hall–Kier alpha value is -1.66. The zero-order valence-corrected chi connectivity index (χ0v) is 16.6. The van der Waals surface area contributed by atoms with Gasteiger partial charge in [-0.25, -0.2) is 0 Å². The van der Waals surface area contributed by atoms with Crippen LogP contribution >= 0.6 is 46.6 Å². The molecule has 0 aliphatic carbocycles. The maximum Gasteiger partial charge on any atom is 0.295 e. The molecule has 0 unspecified atom stereocenters. The van der Waals surface area contributed by atoms with E-state index in [0.717, 1.165) is 27.9 Å². The second kappa shape index (κ2) is 7.92. The minimum absolute atomic E-state index is 0.0411. The number of carbonyl (C=O) groups excluding carboxylic acids is 2. The number of benzene rings is 2. The van der Waals surface area contributed by atoms with Gasteiger partial charge < -0.3 is 5.32 Å². The molecule has 1 N–H and O–H groups in total. The molecule has 0 bridgehead atoms. The summed E-state index contributed by atoms with van der Waals surface area (Å²) in [4.78, 5) is 26.2. The van der Waals surface area contributed by atoms with E-state index in [0.29, 0.717) is 20.6 Å². The number of halogens is 3. The maximum atomic E-state index is 12.6. The number of thioether (sulfide) groups is 1. The number of nitrogens with zero attached hydrogens (tertiary/aromatic N) is 1. The lowest BCUT2D eigenvalue weighted by atomic mass is 10.2. The Labute approximate surface area is 170 Å². The maximum absolute atomic E-state index is 12.6. The molecule has 0 radical (unpaired) electrons. The van der Waals surface area contributed by atoms with E-state index in [1.807, 2.05) is 13.0 Å². The van der Waals surface area contributed by atoms with Crippen LogP contribution in [0.25, 0.3) is 6.08 Å². The topological polar surface area (TPSA) is 49.4 Å². The lowest BCUT2D eigenvalue weighted by molar-refractivity contribution is -0.122. The highest BCUT2D eigenvalue weighted by Gasteiger charge is 2.35. The van der Waals surface area contributed by atoms with E-state index in [1.165, 1.54) is 0 Å². The Kier molecular flexibility index (Phi) is 5.82. The Morgan fingerprint density at radius 2 is 1.65 bits per heavy atom. The molecule has 3 rings (SSSR count). The van der Waals surface area contributed by atoms with Crippen molar-refractivity contribution in [1.29, 1.82) is 0 Å². The highest BCUT2D eigenvalue weighted by Crippen LogP contribution is 2.35. The van der Waals surface area contributed by atoms with Gasteiger partial charge in [-0.3, -0.25) is 14.5 Å². The first-order chi connectivity index (χ1) is 12.4. The summed E-state index contributed by atoms with van der Waals surface area (Å²) in [7, 11) is 0. The van der Waals surface area contributed by atoms with E-state index in [1.54, 1.807) is 36.4 Å². The molecule has 2 amide bonds. The van der Waals surface area contributed by atoms with Crippen molar-refractivity contribution in [3.8, 4) is 0 Å². The van der Waals surface area contributed by atoms with Gasteiger partial charge in [0, 0.05) is 26.3 Å². The highest BCUT2D eigenvalue weighted by atomic mass is 35.5. The minimum atomic E-state index is -0.400. The summed E-state index contributed by atoms with van der Waals surface area (Å²) in [5.74, 6) is -0.400. The first-order valence-electron chi connectivity index (χ1n) is 7.57. The van der Waals surface area contributed by atoms with E-state index >= 15 is 0 Å². The van der Waals surface area contributed by atoms with Gasteiger partial charge in [0.1, 0.15) is 0 Å². The summed E-state index contributed by atoms with van der Waals surface area (Å²) in [6, 6.07) is 10.5. The van der Waals surface area contributed by atoms with Crippen molar-refractivity contribution in [3.63, 3.8) is 0 Å². The molecule has 1 saturated heterocycles. The fraction of sp³-hybridized carbons (Fsp3) is 0.111. The molecule has 4 nitrogen and oxygen atoms in total. The van der Waals surface area contributed by atoms with Crippen molar-refractivity contribution < 1.29 is 9.59 Å². The normalized spacial score (nSPS) is 15.8. The second-order valence-electron chi connectivity index (χ2n) is 5.49. The lowest BCUT2D eigenvalue weighted by Crippen LogP contribution is -2.33. The van der Waals surface area contributed by atoms with Crippen LogP contribution in [0, 0.1) is 6.92 Å². The summed E-state index contributed by atoms with van der Waals surface area (Å²) >= 11 is 19.2. The van der Waals surface area contributed by atoms with Crippen LogP contribution in [0.2, 0.25) is 15.1 Å². The van der Waals surface area contributed by atoms with Crippen molar-refractivity contribution >= 4 is 69.5 Å². The van der Waals surface area contributed by atoms with E-state index in [9.17, 15) is 9.59 Å². The second-order valence-corrected chi connectivity index (χ2v) is 7.71. The average molecular weight is 428 g/mol. The summed E-state index contributed by atoms with van der Waals surface area (Å²) in [6.07, 6.45) is 1.54. The molecule has 134 valence electrons. The third-order valence-corrected chi connectivity index (χ3v) is 5.82. The number of nitrogens with one attached hydrogen (secondary N) is 1. The van der Waals surface area contributed by atoms with E-state index in [2.05, 4.69) is 5.32 Å². The molecule has 0 saturated carbocycles. The fourth-order valence-corrected chi connectivity index (χ4v) is 3.88. The Morgan fingerprint density at radius 3 is 2.35 bits per heavy atom. The first kappa shape index (κ1) is 19.1. The zero-order chi connectivity index (χ0) is 18.8. The minimum Gasteiger partial charge on any atom is -0.367 e. The van der Waals surface area contributed by atoms with Crippen molar-refractivity contribution in [3.05, 3.63) is 67.5 Å². The number of hydrogen-bond acceptors (Lipinski definition) is 4. The monoisotopic (exact) mass is 426 g/mol. The SMILES string of the molecule is Cc1c(Cl)cccc1NCN1C(=O)S/C(=C\c2c(Cl)cccc2Cl)C1=O. The van der Waals surface area contributed by atoms with Crippen molar-refractivity contribution in [2.45, 2.75) is 6.92 Å². The van der Waals surface area contributed by atoms with Gasteiger partial charge in [-0.1, -0.05) is 46.9 Å². The Morgan fingerprint density at radius 1 is 1.04 bits per heavy atom. The summed E-state index contributed by atoms with van der Waals surface area (Å²) < 4.78 is 0. The number of carbonyl (C=O) groups is 2. The van der Waals surface area contributed by atoms with Crippen LogP contribution in [0.4, 0.5) is 10.5 Å². The van der Waals surface area contributed by atoms with Gasteiger partial charge >= 0.3 is 0 Å². The Bertz CT molecular complexity index is 910. The summed E-state index contributed by atoms with van der Waals surface area (Å²) in [5.41, 5.74) is 2.12. The van der Waals surface area contributed by atoms with Gasteiger partial charge in [0.15, 0.2) is 0 Å². The third kappa shape index (κ3) is 3.86. The van der Waals surface area contributed by atoms with Gasteiger partial charge in [0.25, 0.3) is 11.1 Å². The molecule has 1 fully saturated rings. The van der Waals surface area contributed by atoms with Crippen LogP contribution in [0.3, 0.4) is 0 Å². The molecule has 1 heterocycles. The summed E-state index contributed by atoms with van der Waals surface area (Å²) in [5, 5.41) is 4.14. The smallest absolute Gasteiger partial charge is 0.295 e. The predicted octanol–water partition coefficient (Wildman–Crippen LogP) is 6.06. The largest absolute Gasteiger partial charge is 0.367 e. The van der Waals surface area contributed by atoms with Crippen molar-refractivity contribution in [1.82, 2.24) is 4.90 Å². The molecule has 1 aliphatic rings. The third-order valence-electron chi connectivity index (χ3n) is 3.84. The first-order valence-corrected chi connectivity index (χ1v) is 9.52. The predicted molar refractivity (Wildman–Crippen MR) is 109 cm³/mol. The van der Waals surface area contributed by atoms with E-state index < -0.39 is 5.91 Å². The summed E-state index contributed by atoms with van der Waals surface area (Å²) in [6.45, 7) is 1.90. The quantitative estimate of drug-likeness (QED) is 0.602. The van der Waals surface area contributed by atoms with Gasteiger partial charge in [0.2, 0.25) is 0 Å². The van der Waals surface area contributed by atoms with Crippen LogP contribution in [-0.4, -0.2) is 22.7 Å². The number of rotatable bonds is 4. The standard InChI is InChI=1S/C18H13Cl3N2O2S/c1-10-12(19)4-3-7-15(10)22-9-23-17(24)16(26-18(23)25)8-11-13(20)5-2-6-14(11)21/h2-8,22H,9H2,1H3/b16-8-. The number of anilines is 1. The van der Waals surface area contributed by atoms with Crippen LogP contribution in [0.5, 0.6) is 0 Å².